The molecule has 4 amide bonds. The summed E-state index contributed by atoms with van der Waals surface area (Å²) in [6, 6.07) is 17.5. The maximum absolute atomic E-state index is 12.6. The van der Waals surface area contributed by atoms with Crippen molar-refractivity contribution in [3.63, 3.8) is 0 Å². The normalized spacial score (nSPS) is 13.7. The van der Waals surface area contributed by atoms with Crippen molar-refractivity contribution in [1.29, 1.82) is 0 Å². The third-order valence-electron chi connectivity index (χ3n) is 9.58. The topological polar surface area (TPSA) is 47.1 Å². The van der Waals surface area contributed by atoms with Crippen LogP contribution in [0.5, 0.6) is 0 Å². The monoisotopic (exact) mass is 776 g/mol. The molecule has 1 aliphatic heterocycles. The van der Waals surface area contributed by atoms with Gasteiger partial charge in [-0.2, -0.15) is 0 Å². The first kappa shape index (κ1) is 38.0. The van der Waals surface area contributed by atoms with E-state index in [2.05, 4.69) is 94.8 Å². The number of carbonyl (C=O) groups excluding carboxylic acids is 2. The summed E-state index contributed by atoms with van der Waals surface area (Å²) in [5.74, 6) is 0. The Morgan fingerprint density at radius 1 is 0.811 bits per heavy atom. The second-order valence-corrected chi connectivity index (χ2v) is 17.6. The quantitative estimate of drug-likeness (QED) is 0.133. The Kier molecular flexibility index (Phi) is 11.0. The van der Waals surface area contributed by atoms with Crippen molar-refractivity contribution in [2.45, 2.75) is 26.7 Å². The Morgan fingerprint density at radius 2 is 1.42 bits per heavy atom. The van der Waals surface area contributed by atoms with Crippen LogP contribution in [0.1, 0.15) is 34.7 Å². The highest BCUT2D eigenvalue weighted by molar-refractivity contribution is 7.42. The van der Waals surface area contributed by atoms with Crippen LogP contribution in [0.4, 0.5) is 9.59 Å². The van der Waals surface area contributed by atoms with Crippen molar-refractivity contribution in [1.82, 2.24) is 19.6 Å². The molecule has 0 aliphatic carbocycles. The van der Waals surface area contributed by atoms with Gasteiger partial charge in [0, 0.05) is 93.2 Å². The maximum atomic E-state index is 12.6. The molecular formula is C43H44N4O2S4. The first-order valence-corrected chi connectivity index (χ1v) is 20.5. The van der Waals surface area contributed by atoms with Gasteiger partial charge in [-0.05, 0) is 77.6 Å². The van der Waals surface area contributed by atoms with Gasteiger partial charge in [0.1, 0.15) is 0 Å². The number of amides is 4. The number of hydrogen-bond acceptors (Lipinski definition) is 6. The Morgan fingerprint density at radius 3 is 2.02 bits per heavy atom. The van der Waals surface area contributed by atoms with Gasteiger partial charge in [-0.1, -0.05) is 64.4 Å². The predicted molar refractivity (Wildman–Crippen MR) is 232 cm³/mol. The van der Waals surface area contributed by atoms with Crippen LogP contribution < -0.4 is 0 Å². The van der Waals surface area contributed by atoms with E-state index in [1.165, 1.54) is 56.1 Å². The van der Waals surface area contributed by atoms with Gasteiger partial charge in [0.15, 0.2) is 0 Å². The Bertz CT molecular complexity index is 2330. The number of carbonyl (C=O) groups is 2. The smallest absolute Gasteiger partial charge is 0.328 e. The number of urea groups is 2. The zero-order valence-electron chi connectivity index (χ0n) is 31.3. The zero-order chi connectivity index (χ0) is 38.3. The van der Waals surface area contributed by atoms with Crippen LogP contribution in [-0.4, -0.2) is 66.9 Å². The third kappa shape index (κ3) is 7.04. The van der Waals surface area contributed by atoms with Crippen molar-refractivity contribution in [3.8, 4) is 30.6 Å². The molecule has 0 N–H and O–H groups in total. The summed E-state index contributed by atoms with van der Waals surface area (Å²) in [6.07, 6.45) is 7.77. The Hall–Kier alpha value is -4.74. The van der Waals surface area contributed by atoms with E-state index < -0.39 is 0 Å². The second kappa shape index (κ2) is 15.3. The van der Waals surface area contributed by atoms with E-state index in [9.17, 15) is 9.59 Å². The molecule has 1 fully saturated rings. The number of fused-ring (bicyclic) bond motifs is 1. The lowest BCUT2D eigenvalue weighted by Gasteiger charge is -2.35. The predicted octanol–water partition coefficient (Wildman–Crippen LogP) is 12.3. The number of allylic oxidation sites excluding steroid dienone is 1. The van der Waals surface area contributed by atoms with Gasteiger partial charge in [0.25, 0.3) is 0 Å². The average molecular weight is 777 g/mol. The SMILES string of the molecule is C=C/C(=C\c1ccc(-c2cc3c(-c4c(CC)cccc4CC)c(-c4ccc(C=C5C(=C)N(C)C(=O)N(C)C5=C)s4)sc3s2)s1)C(=C)N(C)C(=O)N(C)C. The fraction of sp³-hybridized carbons (Fsp3) is 0.209. The summed E-state index contributed by atoms with van der Waals surface area (Å²) < 4.78 is 1.29. The van der Waals surface area contributed by atoms with Crippen LogP contribution in [0.15, 0.2) is 109 Å². The van der Waals surface area contributed by atoms with Crippen molar-refractivity contribution < 1.29 is 9.59 Å². The Balaban J connectivity index is 1.43. The van der Waals surface area contributed by atoms with Gasteiger partial charge in [0.05, 0.1) is 8.89 Å². The van der Waals surface area contributed by atoms with E-state index in [1.54, 1.807) is 78.7 Å². The fourth-order valence-electron chi connectivity index (χ4n) is 6.43. The van der Waals surface area contributed by atoms with Gasteiger partial charge >= 0.3 is 12.1 Å². The van der Waals surface area contributed by atoms with Crippen molar-refractivity contribution in [3.05, 3.63) is 130 Å². The van der Waals surface area contributed by atoms with Crippen molar-refractivity contribution in [2.24, 2.45) is 0 Å². The van der Waals surface area contributed by atoms with Crippen LogP contribution in [-0.2, 0) is 12.8 Å². The van der Waals surface area contributed by atoms with Gasteiger partial charge in [0.2, 0.25) is 0 Å². The van der Waals surface area contributed by atoms with Crippen LogP contribution in [0.25, 0.3) is 52.2 Å². The molecule has 5 heterocycles. The molecule has 0 saturated carbocycles. The summed E-state index contributed by atoms with van der Waals surface area (Å²) in [5, 5.41) is 1.28. The fourth-order valence-corrected chi connectivity index (χ4v) is 11.1. The molecule has 4 aromatic heterocycles. The number of likely N-dealkylation sites (N-methyl/N-ethyl adjacent to an activating group) is 3. The molecule has 6 nitrogen and oxygen atoms in total. The van der Waals surface area contributed by atoms with Gasteiger partial charge in [-0.3, -0.25) is 14.7 Å². The molecule has 0 unspecified atom stereocenters. The summed E-state index contributed by atoms with van der Waals surface area (Å²) in [5.41, 5.74) is 8.88. The van der Waals surface area contributed by atoms with E-state index in [0.717, 1.165) is 33.7 Å². The summed E-state index contributed by atoms with van der Waals surface area (Å²) in [6.45, 7) is 21.0. The van der Waals surface area contributed by atoms with Gasteiger partial charge in [-0.15, -0.1) is 45.3 Å². The highest BCUT2D eigenvalue weighted by atomic mass is 32.2. The summed E-state index contributed by atoms with van der Waals surface area (Å²) >= 11 is 7.16. The molecule has 0 spiro atoms. The molecule has 1 aromatic carbocycles. The highest BCUT2D eigenvalue weighted by Crippen LogP contribution is 2.53. The van der Waals surface area contributed by atoms with Crippen LogP contribution in [0, 0.1) is 0 Å². The minimum Gasteiger partial charge on any atom is -0.330 e. The number of thiophene rings is 4. The minimum absolute atomic E-state index is 0.142. The van der Waals surface area contributed by atoms with Crippen molar-refractivity contribution >= 4 is 79.0 Å². The second-order valence-electron chi connectivity index (χ2n) is 13.0. The standard InChI is InChI=1S/C43H44N4O2S4/c1-12-28-16-15-17-29(13-2)38(28)39-34-24-37(35-20-18-31(50-35)22-30(14-3)25(4)45(9)42(48)44(7)8)52-41(34)53-40(39)36-21-19-32(51-36)23-33-26(5)46(10)43(49)47(11)27(33)6/h14-24H,3-6,12-13H2,1-2,7-11H3/b30-22+. The molecule has 1 aliphatic rings. The van der Waals surface area contributed by atoms with E-state index in [4.69, 9.17) is 0 Å². The first-order chi connectivity index (χ1) is 25.3. The van der Waals surface area contributed by atoms with E-state index in [0.29, 0.717) is 17.1 Å². The first-order valence-electron chi connectivity index (χ1n) is 17.3. The van der Waals surface area contributed by atoms with E-state index in [1.807, 2.05) is 28.7 Å². The number of nitrogens with zero attached hydrogens (tertiary/aromatic N) is 4. The summed E-state index contributed by atoms with van der Waals surface area (Å²) in [7, 11) is 8.67. The molecule has 53 heavy (non-hydrogen) atoms. The number of aryl methyl sites for hydroxylation is 2. The number of hydrogen-bond donors (Lipinski definition) is 0. The number of benzene rings is 1. The lowest BCUT2D eigenvalue weighted by molar-refractivity contribution is 0.190. The molecule has 272 valence electrons. The Labute approximate surface area is 328 Å². The lowest BCUT2D eigenvalue weighted by atomic mass is 9.90. The van der Waals surface area contributed by atoms with Crippen LogP contribution in [0.2, 0.25) is 0 Å². The highest BCUT2D eigenvalue weighted by Gasteiger charge is 2.30. The minimum atomic E-state index is -0.144. The van der Waals surface area contributed by atoms with Gasteiger partial charge < -0.3 is 4.90 Å². The molecule has 0 radical (unpaired) electrons. The summed E-state index contributed by atoms with van der Waals surface area (Å²) in [4.78, 5) is 38.4. The zero-order valence-corrected chi connectivity index (χ0v) is 34.6. The average Bonchev–Trinajstić information content (AvgIpc) is 3.97. The molecule has 10 heteroatoms. The number of rotatable bonds is 10. The van der Waals surface area contributed by atoms with E-state index >= 15 is 0 Å². The van der Waals surface area contributed by atoms with Crippen LogP contribution >= 0.6 is 45.3 Å². The lowest BCUT2D eigenvalue weighted by Crippen LogP contribution is -2.43. The van der Waals surface area contributed by atoms with Crippen LogP contribution in [0.3, 0.4) is 0 Å². The molecule has 1 saturated heterocycles. The molecule has 5 aromatic rings. The van der Waals surface area contributed by atoms with E-state index in [-0.39, 0.29) is 12.1 Å². The molecule has 6 rings (SSSR count). The van der Waals surface area contributed by atoms with Crippen molar-refractivity contribution in [2.75, 3.05) is 35.2 Å². The maximum Gasteiger partial charge on any atom is 0.328 e. The molecule has 0 atom stereocenters. The largest absolute Gasteiger partial charge is 0.330 e. The molecule has 0 bridgehead atoms. The molecular weight excluding hydrogens is 733 g/mol. The third-order valence-corrected chi connectivity index (χ3v) is 14.4. The van der Waals surface area contributed by atoms with Gasteiger partial charge in [-0.25, -0.2) is 9.59 Å².